The van der Waals surface area contributed by atoms with Gasteiger partial charge in [0.15, 0.2) is 0 Å². The lowest BCUT2D eigenvalue weighted by atomic mass is 10.1. The molecule has 284 valence electrons. The van der Waals surface area contributed by atoms with Gasteiger partial charge in [0.2, 0.25) is 15.9 Å². The zero-order valence-corrected chi connectivity index (χ0v) is 31.7. The first-order valence-corrected chi connectivity index (χ1v) is 19.9. The molecule has 6 N–H and O–H groups in total. The van der Waals surface area contributed by atoms with Crippen LogP contribution in [0.4, 0.5) is 5.69 Å². The standard InChI is InChI=1S/C36H43ClN6O8S2/c1-3-51-36(48)28(40-22(2)34(45)43-17-7-10-29(43)35(46)47)21-38-33(44)25-14-11-24(12-15-25)20-39-53(49,50)31-19-30-27(18-26(31)37)41-32(42-52-30)16-13-23-8-5-4-6-9-23/h4-6,8-9,11-12,14-15,18-19,22,28-29,32,39-42H,3,7,10,13,16-17,20-21H2,1-2H3,(H,38,44)(H,46,47)/t22?,28-,29-,32-/m0/s1. The van der Waals surface area contributed by atoms with E-state index in [2.05, 4.69) is 37.5 Å². The Morgan fingerprint density at radius 3 is 2.51 bits per heavy atom. The molecule has 4 atom stereocenters. The topological polar surface area (TPSA) is 195 Å². The molecule has 0 radical (unpaired) electrons. The summed E-state index contributed by atoms with van der Waals surface area (Å²) in [7, 11) is -4.01. The van der Waals surface area contributed by atoms with Crippen LogP contribution in [-0.4, -0.2) is 86.2 Å². The summed E-state index contributed by atoms with van der Waals surface area (Å²) >= 11 is 7.82. The molecule has 0 aromatic heterocycles. The molecule has 1 unspecified atom stereocenters. The van der Waals surface area contributed by atoms with Gasteiger partial charge in [-0.15, -0.1) is 0 Å². The molecule has 2 amide bonds. The number of carbonyl (C=O) groups excluding carboxylic acids is 3. The molecule has 0 aliphatic carbocycles. The molecule has 0 saturated carbocycles. The van der Waals surface area contributed by atoms with Crippen LogP contribution in [-0.2, 0) is 42.1 Å². The lowest BCUT2D eigenvalue weighted by Gasteiger charge is -2.28. The molecule has 3 aromatic carbocycles. The first kappa shape index (κ1) is 40.0. The summed E-state index contributed by atoms with van der Waals surface area (Å²) in [6.45, 7) is 3.25. The number of aryl methyl sites for hydroxylation is 1. The molecule has 2 aliphatic heterocycles. The van der Waals surface area contributed by atoms with Crippen molar-refractivity contribution in [1.29, 1.82) is 0 Å². The van der Waals surface area contributed by atoms with Crippen molar-refractivity contribution in [2.45, 2.75) is 80.2 Å². The molecule has 1 fully saturated rings. The quantitative estimate of drug-likeness (QED) is 0.0916. The fourth-order valence-electron chi connectivity index (χ4n) is 6.07. The van der Waals surface area contributed by atoms with Gasteiger partial charge in [0.25, 0.3) is 5.91 Å². The Bertz CT molecular complexity index is 1900. The van der Waals surface area contributed by atoms with E-state index in [1.807, 2.05) is 18.2 Å². The van der Waals surface area contributed by atoms with E-state index in [-0.39, 0.29) is 41.3 Å². The Hall–Kier alpha value is -4.19. The highest BCUT2D eigenvalue weighted by Crippen LogP contribution is 2.37. The van der Waals surface area contributed by atoms with Crippen molar-refractivity contribution in [2.75, 3.05) is 25.0 Å². The maximum Gasteiger partial charge on any atom is 0.326 e. The molecule has 14 nitrogen and oxygen atoms in total. The van der Waals surface area contributed by atoms with Crippen molar-refractivity contribution < 1.29 is 37.4 Å². The number of benzene rings is 3. The van der Waals surface area contributed by atoms with Gasteiger partial charge in [0.1, 0.15) is 17.0 Å². The number of rotatable bonds is 16. The minimum atomic E-state index is -4.01. The number of fused-ring (bicyclic) bond motifs is 1. The predicted octanol–water partition coefficient (Wildman–Crippen LogP) is 3.51. The van der Waals surface area contributed by atoms with E-state index in [1.165, 1.54) is 47.5 Å². The number of carbonyl (C=O) groups is 4. The average Bonchev–Trinajstić information content (AvgIpc) is 3.65. The van der Waals surface area contributed by atoms with Gasteiger partial charge >= 0.3 is 11.9 Å². The highest BCUT2D eigenvalue weighted by molar-refractivity contribution is 7.97. The number of carboxylic acids is 1. The Labute approximate surface area is 317 Å². The summed E-state index contributed by atoms with van der Waals surface area (Å²) in [6, 6.07) is 16.6. The molecule has 17 heteroatoms. The molecule has 3 aromatic rings. The third kappa shape index (κ3) is 10.5. The number of amides is 2. The van der Waals surface area contributed by atoms with E-state index < -0.39 is 51.9 Å². The van der Waals surface area contributed by atoms with Gasteiger partial charge in [-0.2, -0.15) is 0 Å². The summed E-state index contributed by atoms with van der Waals surface area (Å²) in [5, 5.41) is 18.5. The third-order valence-electron chi connectivity index (χ3n) is 8.89. The van der Waals surface area contributed by atoms with E-state index in [0.29, 0.717) is 29.8 Å². The zero-order valence-electron chi connectivity index (χ0n) is 29.3. The van der Waals surface area contributed by atoms with Crippen LogP contribution in [0.2, 0.25) is 5.02 Å². The number of sulfonamides is 1. The van der Waals surface area contributed by atoms with Gasteiger partial charge in [-0.3, -0.25) is 19.7 Å². The molecule has 1 saturated heterocycles. The number of esters is 1. The Morgan fingerprint density at radius 1 is 1.08 bits per heavy atom. The largest absolute Gasteiger partial charge is 0.480 e. The van der Waals surface area contributed by atoms with Crippen LogP contribution in [0.3, 0.4) is 0 Å². The number of hydrogen-bond donors (Lipinski definition) is 6. The minimum Gasteiger partial charge on any atom is -0.480 e. The second-order valence-corrected chi connectivity index (χ2v) is 15.7. The summed E-state index contributed by atoms with van der Waals surface area (Å²) in [5.41, 5.74) is 2.80. The van der Waals surface area contributed by atoms with Gasteiger partial charge in [-0.05, 0) is 86.9 Å². The summed E-state index contributed by atoms with van der Waals surface area (Å²) in [5.74, 6) is -2.75. The minimum absolute atomic E-state index is 0.0283. The van der Waals surface area contributed by atoms with E-state index >= 15 is 0 Å². The lowest BCUT2D eigenvalue weighted by molar-refractivity contribution is -0.150. The van der Waals surface area contributed by atoms with Crippen molar-refractivity contribution in [1.82, 2.24) is 25.0 Å². The van der Waals surface area contributed by atoms with Gasteiger partial charge < -0.3 is 25.4 Å². The second-order valence-electron chi connectivity index (χ2n) is 12.7. The molecule has 53 heavy (non-hydrogen) atoms. The Kier molecular flexibility index (Phi) is 13.8. The molecular formula is C36H43ClN6O8S2. The fourth-order valence-corrected chi connectivity index (χ4v) is 8.56. The maximum absolute atomic E-state index is 13.3. The lowest BCUT2D eigenvalue weighted by Crippen LogP contribution is -2.56. The fraction of sp³-hybridized carbons (Fsp3) is 0.389. The number of anilines is 1. The molecule has 0 bridgehead atoms. The summed E-state index contributed by atoms with van der Waals surface area (Å²) < 4.78 is 37.6. The van der Waals surface area contributed by atoms with E-state index in [9.17, 15) is 32.7 Å². The summed E-state index contributed by atoms with van der Waals surface area (Å²) in [4.78, 5) is 52.2. The van der Waals surface area contributed by atoms with Crippen LogP contribution >= 0.6 is 23.5 Å². The molecule has 0 spiro atoms. The number of aliphatic carboxylic acids is 1. The number of halogens is 1. The van der Waals surface area contributed by atoms with Gasteiger partial charge in [0.05, 0.1) is 29.5 Å². The number of ether oxygens (including phenoxy) is 1. The van der Waals surface area contributed by atoms with Crippen LogP contribution in [0.25, 0.3) is 0 Å². The summed E-state index contributed by atoms with van der Waals surface area (Å²) in [6.07, 6.45) is 2.57. The monoisotopic (exact) mass is 786 g/mol. The van der Waals surface area contributed by atoms with E-state index in [4.69, 9.17) is 16.3 Å². The van der Waals surface area contributed by atoms with Crippen molar-refractivity contribution in [2.24, 2.45) is 0 Å². The smallest absolute Gasteiger partial charge is 0.326 e. The van der Waals surface area contributed by atoms with Gasteiger partial charge in [-0.1, -0.05) is 54.1 Å². The van der Waals surface area contributed by atoms with Crippen LogP contribution in [0.15, 0.2) is 76.5 Å². The first-order chi connectivity index (χ1) is 25.4. The molecule has 2 aliphatic rings. The van der Waals surface area contributed by atoms with Gasteiger partial charge in [0, 0.05) is 30.1 Å². The zero-order chi connectivity index (χ0) is 38.1. The van der Waals surface area contributed by atoms with Crippen LogP contribution < -0.4 is 25.4 Å². The van der Waals surface area contributed by atoms with E-state index in [0.717, 1.165) is 18.5 Å². The van der Waals surface area contributed by atoms with E-state index in [1.54, 1.807) is 25.1 Å². The Morgan fingerprint density at radius 2 is 1.81 bits per heavy atom. The second kappa shape index (κ2) is 18.2. The SMILES string of the molecule is CCOC(=O)[C@H](CNC(=O)c1ccc(CNS(=O)(=O)c2cc3c(cc2Cl)N[C@H](CCc2ccccc2)NS3)cc1)NC(C)C(=O)N1CCC[C@H]1C(=O)O. The highest BCUT2D eigenvalue weighted by Gasteiger charge is 2.37. The van der Waals surface area contributed by atoms with Crippen molar-refractivity contribution >= 4 is 63.0 Å². The van der Waals surface area contributed by atoms with Crippen molar-refractivity contribution in [3.05, 3.63) is 88.4 Å². The number of nitrogens with zero attached hydrogens (tertiary/aromatic N) is 1. The van der Waals surface area contributed by atoms with Crippen molar-refractivity contribution in [3.63, 3.8) is 0 Å². The van der Waals surface area contributed by atoms with Crippen LogP contribution in [0.5, 0.6) is 0 Å². The van der Waals surface area contributed by atoms with Crippen LogP contribution in [0.1, 0.15) is 54.6 Å². The van der Waals surface area contributed by atoms with Crippen LogP contribution in [0, 0.1) is 0 Å². The molecule has 2 heterocycles. The number of carboxylic acid groups (broad SMARTS) is 1. The van der Waals surface area contributed by atoms with Crippen molar-refractivity contribution in [3.8, 4) is 0 Å². The number of nitrogens with one attached hydrogen (secondary N) is 5. The molecular weight excluding hydrogens is 744 g/mol. The number of hydrogen-bond acceptors (Lipinski definition) is 11. The predicted molar refractivity (Wildman–Crippen MR) is 201 cm³/mol. The first-order valence-electron chi connectivity index (χ1n) is 17.3. The average molecular weight is 787 g/mol. The number of likely N-dealkylation sites (tertiary alicyclic amines) is 1. The highest BCUT2D eigenvalue weighted by atomic mass is 35.5. The molecule has 5 rings (SSSR count). The third-order valence-corrected chi connectivity index (χ3v) is 11.7. The normalized spacial score (nSPS) is 18.0. The van der Waals surface area contributed by atoms with Gasteiger partial charge in [-0.25, -0.2) is 22.7 Å². The Balaban J connectivity index is 1.14. The maximum atomic E-state index is 13.3.